The Bertz CT molecular complexity index is 648. The Balaban J connectivity index is 0.00000312. The normalized spacial score (nSPS) is 12.5. The summed E-state index contributed by atoms with van der Waals surface area (Å²) in [7, 11) is 1.82. The summed E-state index contributed by atoms with van der Waals surface area (Å²) in [5, 5.41) is 0. The molecule has 1 heterocycles. The number of likely N-dealkylation sites (N-methyl/N-ethyl adjacent to an activating group) is 1. The Morgan fingerprint density at radius 3 is 2.54 bits per heavy atom. The lowest BCUT2D eigenvalue weighted by molar-refractivity contribution is -0.131. The third-order valence-corrected chi connectivity index (χ3v) is 4.30. The van der Waals surface area contributed by atoms with Crippen LogP contribution in [0.5, 0.6) is 0 Å². The quantitative estimate of drug-likeness (QED) is 0.739. The maximum Gasteiger partial charge on any atom is 0.239 e. The number of nitrogens with two attached hydrogens (primary N) is 1. The number of carbonyl (C=O) groups is 1. The van der Waals surface area contributed by atoms with Gasteiger partial charge in [0.1, 0.15) is 0 Å². The molecule has 1 aromatic carbocycles. The average molecular weight is 401 g/mol. The van der Waals surface area contributed by atoms with Gasteiger partial charge < -0.3 is 15.2 Å². The second-order valence-electron chi connectivity index (χ2n) is 6.57. The van der Waals surface area contributed by atoms with Crippen LogP contribution in [0, 0.1) is 5.92 Å². The van der Waals surface area contributed by atoms with Gasteiger partial charge >= 0.3 is 0 Å². The van der Waals surface area contributed by atoms with Crippen molar-refractivity contribution in [1.82, 2.24) is 14.5 Å². The van der Waals surface area contributed by atoms with Crippen LogP contribution in [0.25, 0.3) is 0 Å². The van der Waals surface area contributed by atoms with Crippen LogP contribution in [0.4, 0.5) is 0 Å². The Morgan fingerprint density at radius 2 is 1.92 bits per heavy atom. The van der Waals surface area contributed by atoms with Gasteiger partial charge in [-0.15, -0.1) is 24.8 Å². The van der Waals surface area contributed by atoms with Gasteiger partial charge in [-0.1, -0.05) is 50.6 Å². The monoisotopic (exact) mass is 400 g/mol. The molecule has 2 N–H and O–H groups in total. The van der Waals surface area contributed by atoms with Crippen molar-refractivity contribution in [2.24, 2.45) is 11.7 Å². The fraction of sp³-hybridized carbons (Fsp3) is 0.474. The van der Waals surface area contributed by atoms with Crippen molar-refractivity contribution < 1.29 is 4.79 Å². The third-order valence-electron chi connectivity index (χ3n) is 4.30. The first-order valence-electron chi connectivity index (χ1n) is 8.54. The molecule has 0 saturated heterocycles. The molecule has 7 heteroatoms. The van der Waals surface area contributed by atoms with Gasteiger partial charge in [-0.25, -0.2) is 4.98 Å². The van der Waals surface area contributed by atoms with Crippen LogP contribution in [0.2, 0.25) is 0 Å². The fourth-order valence-electron chi connectivity index (χ4n) is 2.67. The second-order valence-corrected chi connectivity index (χ2v) is 6.57. The van der Waals surface area contributed by atoms with Crippen molar-refractivity contribution in [1.29, 1.82) is 0 Å². The van der Waals surface area contributed by atoms with E-state index >= 15 is 0 Å². The lowest BCUT2D eigenvalue weighted by atomic mass is 10.1. The Kier molecular flexibility index (Phi) is 11.2. The fourth-order valence-corrected chi connectivity index (χ4v) is 2.67. The maximum atomic E-state index is 12.4. The van der Waals surface area contributed by atoms with E-state index in [9.17, 15) is 4.79 Å². The van der Waals surface area contributed by atoms with Crippen LogP contribution in [0.1, 0.15) is 31.5 Å². The number of amides is 1. The van der Waals surface area contributed by atoms with Crippen molar-refractivity contribution in [2.45, 2.75) is 39.3 Å². The lowest BCUT2D eigenvalue weighted by Gasteiger charge is -2.23. The smallest absolute Gasteiger partial charge is 0.239 e. The van der Waals surface area contributed by atoms with Gasteiger partial charge in [-0.2, -0.15) is 0 Å². The topological polar surface area (TPSA) is 64.2 Å². The Labute approximate surface area is 168 Å². The van der Waals surface area contributed by atoms with Gasteiger partial charge in [0.05, 0.1) is 18.1 Å². The van der Waals surface area contributed by atoms with Crippen molar-refractivity contribution >= 4 is 30.7 Å². The molecule has 2 rings (SSSR count). The van der Waals surface area contributed by atoms with Crippen LogP contribution in [-0.4, -0.2) is 40.0 Å². The van der Waals surface area contributed by atoms with Gasteiger partial charge in [0.25, 0.3) is 0 Å². The van der Waals surface area contributed by atoms with E-state index in [2.05, 4.69) is 31.0 Å². The number of imidazole rings is 1. The molecule has 1 unspecified atom stereocenters. The number of aromatic nitrogens is 2. The molecule has 0 aliphatic rings. The number of nitrogens with zero attached hydrogens (tertiary/aromatic N) is 3. The number of hydrogen-bond donors (Lipinski definition) is 1. The zero-order chi connectivity index (χ0) is 17.5. The molecule has 0 fully saturated rings. The van der Waals surface area contributed by atoms with Crippen LogP contribution < -0.4 is 5.73 Å². The van der Waals surface area contributed by atoms with Crippen LogP contribution >= 0.6 is 24.8 Å². The summed E-state index contributed by atoms with van der Waals surface area (Å²) >= 11 is 0. The minimum atomic E-state index is -0.542. The number of benzene rings is 1. The standard InChI is InChI=1S/C19H28N4O.2ClH/c1-4-15(2)11-22(3)19(24)18(20)10-17-13-23(14-21-17)12-16-8-6-5-7-9-16;;/h5-9,13-15,18H,4,10-12,20H2,1-3H3;2*1H/t15?,18-;;/m0../s1. The third kappa shape index (κ3) is 7.36. The Morgan fingerprint density at radius 1 is 1.27 bits per heavy atom. The molecule has 0 aliphatic carbocycles. The first-order chi connectivity index (χ1) is 11.5. The first-order valence-corrected chi connectivity index (χ1v) is 8.54. The summed E-state index contributed by atoms with van der Waals surface area (Å²) in [4.78, 5) is 18.5. The molecule has 0 saturated carbocycles. The van der Waals surface area contributed by atoms with E-state index in [4.69, 9.17) is 5.73 Å². The van der Waals surface area contributed by atoms with E-state index in [0.29, 0.717) is 12.3 Å². The van der Waals surface area contributed by atoms with Crippen LogP contribution in [-0.2, 0) is 17.8 Å². The molecule has 146 valence electrons. The summed E-state index contributed by atoms with van der Waals surface area (Å²) in [6.07, 6.45) is 5.28. The second kappa shape index (κ2) is 11.9. The molecule has 1 amide bonds. The van der Waals surface area contributed by atoms with E-state index in [1.807, 2.05) is 36.0 Å². The summed E-state index contributed by atoms with van der Waals surface area (Å²) in [6, 6.07) is 9.67. The zero-order valence-corrected chi connectivity index (χ0v) is 17.3. The highest BCUT2D eigenvalue weighted by molar-refractivity contribution is 5.85. The van der Waals surface area contributed by atoms with Gasteiger partial charge in [-0.3, -0.25) is 4.79 Å². The van der Waals surface area contributed by atoms with Gasteiger partial charge in [0.15, 0.2) is 0 Å². The van der Waals surface area contributed by atoms with Gasteiger partial charge in [-0.05, 0) is 11.5 Å². The maximum absolute atomic E-state index is 12.4. The highest BCUT2D eigenvalue weighted by Gasteiger charge is 2.20. The average Bonchev–Trinajstić information content (AvgIpc) is 3.01. The Hall–Kier alpha value is -1.56. The summed E-state index contributed by atoms with van der Waals surface area (Å²) in [5.74, 6) is 0.462. The first kappa shape index (κ1) is 24.4. The zero-order valence-electron chi connectivity index (χ0n) is 15.7. The number of carbonyl (C=O) groups excluding carboxylic acids is 1. The van der Waals surface area contributed by atoms with Crippen LogP contribution in [0.15, 0.2) is 42.9 Å². The number of hydrogen-bond acceptors (Lipinski definition) is 3. The number of halogens is 2. The molecule has 0 spiro atoms. The van der Waals surface area contributed by atoms with Gasteiger partial charge in [0, 0.05) is 32.8 Å². The SMILES string of the molecule is CCC(C)CN(C)C(=O)[C@@H](N)Cc1cn(Cc2ccccc2)cn1.Cl.Cl. The number of rotatable bonds is 8. The van der Waals surface area contributed by atoms with Crippen molar-refractivity contribution in [3.63, 3.8) is 0 Å². The largest absolute Gasteiger partial charge is 0.344 e. The molecule has 2 atom stereocenters. The predicted molar refractivity (Wildman–Crippen MR) is 111 cm³/mol. The van der Waals surface area contributed by atoms with Crippen molar-refractivity contribution in [3.8, 4) is 0 Å². The van der Waals surface area contributed by atoms with E-state index < -0.39 is 6.04 Å². The van der Waals surface area contributed by atoms with Crippen molar-refractivity contribution in [3.05, 3.63) is 54.1 Å². The summed E-state index contributed by atoms with van der Waals surface area (Å²) < 4.78 is 2.02. The summed E-state index contributed by atoms with van der Waals surface area (Å²) in [5.41, 5.74) is 8.16. The highest BCUT2D eigenvalue weighted by Crippen LogP contribution is 2.08. The molecule has 0 radical (unpaired) electrons. The molecule has 0 bridgehead atoms. The molecule has 1 aromatic heterocycles. The summed E-state index contributed by atoms with van der Waals surface area (Å²) in [6.45, 7) is 5.78. The lowest BCUT2D eigenvalue weighted by Crippen LogP contribution is -2.44. The molecule has 2 aromatic rings. The molecular formula is C19H30Cl2N4O. The molecular weight excluding hydrogens is 371 g/mol. The van der Waals surface area contributed by atoms with E-state index in [-0.39, 0.29) is 30.7 Å². The minimum Gasteiger partial charge on any atom is -0.344 e. The van der Waals surface area contributed by atoms with Crippen LogP contribution in [0.3, 0.4) is 0 Å². The van der Waals surface area contributed by atoms with Gasteiger partial charge in [0.2, 0.25) is 5.91 Å². The minimum absolute atomic E-state index is 0. The molecule has 26 heavy (non-hydrogen) atoms. The van der Waals surface area contributed by atoms with Crippen molar-refractivity contribution in [2.75, 3.05) is 13.6 Å². The van der Waals surface area contributed by atoms with E-state index in [1.54, 1.807) is 11.2 Å². The molecule has 5 nitrogen and oxygen atoms in total. The molecule has 0 aliphatic heterocycles. The van der Waals surface area contributed by atoms with E-state index in [0.717, 1.165) is 25.2 Å². The van der Waals surface area contributed by atoms with E-state index in [1.165, 1.54) is 5.56 Å². The predicted octanol–water partition coefficient (Wildman–Crippen LogP) is 3.15. The highest BCUT2D eigenvalue weighted by atomic mass is 35.5.